The van der Waals surface area contributed by atoms with E-state index in [0.717, 1.165) is 4.40 Å². The molecule has 0 aliphatic carbocycles. The molecule has 1 aromatic carbocycles. The second-order valence-electron chi connectivity index (χ2n) is 4.34. The van der Waals surface area contributed by atoms with Gasteiger partial charge >= 0.3 is 6.18 Å². The molecular formula is C13H8F3N5O. The number of fused-ring (bicyclic) bond motifs is 3. The second-order valence-corrected chi connectivity index (χ2v) is 4.34. The van der Waals surface area contributed by atoms with Crippen LogP contribution in [0.2, 0.25) is 0 Å². The summed E-state index contributed by atoms with van der Waals surface area (Å²) in [5, 5.41) is 15.3. The van der Waals surface area contributed by atoms with Crippen LogP contribution in [-0.2, 0) is 6.18 Å². The Labute approximate surface area is 121 Å². The van der Waals surface area contributed by atoms with Crippen LogP contribution in [0.15, 0.2) is 24.3 Å². The van der Waals surface area contributed by atoms with Gasteiger partial charge < -0.3 is 4.74 Å². The molecule has 0 saturated heterocycles. The van der Waals surface area contributed by atoms with Crippen LogP contribution in [0.25, 0.3) is 16.7 Å². The van der Waals surface area contributed by atoms with Crippen LogP contribution < -0.4 is 4.74 Å². The van der Waals surface area contributed by atoms with Gasteiger partial charge in [0.1, 0.15) is 6.61 Å². The summed E-state index contributed by atoms with van der Waals surface area (Å²) in [6, 6.07) is 8.18. The third-order valence-electron chi connectivity index (χ3n) is 2.91. The third kappa shape index (κ3) is 2.28. The van der Waals surface area contributed by atoms with Crippen molar-refractivity contribution in [1.82, 2.24) is 19.6 Å². The molecule has 2 aromatic heterocycles. The molecule has 22 heavy (non-hydrogen) atoms. The van der Waals surface area contributed by atoms with E-state index < -0.39 is 12.0 Å². The van der Waals surface area contributed by atoms with Crippen LogP contribution in [0.5, 0.6) is 5.88 Å². The SMILES string of the molecule is N#CCCOc1nc2ccccc2n2c(C(F)(F)F)nnc12. The predicted molar refractivity (Wildman–Crippen MR) is 69.0 cm³/mol. The zero-order valence-electron chi connectivity index (χ0n) is 11.0. The zero-order valence-corrected chi connectivity index (χ0v) is 11.0. The van der Waals surface area contributed by atoms with Crippen molar-refractivity contribution < 1.29 is 17.9 Å². The Balaban J connectivity index is 2.28. The van der Waals surface area contributed by atoms with E-state index in [2.05, 4.69) is 15.2 Å². The highest BCUT2D eigenvalue weighted by atomic mass is 19.4. The number of nitriles is 1. The first-order chi connectivity index (χ1) is 10.5. The topological polar surface area (TPSA) is 76.1 Å². The highest BCUT2D eigenvalue weighted by molar-refractivity contribution is 5.79. The highest BCUT2D eigenvalue weighted by Crippen LogP contribution is 2.32. The number of ether oxygens (including phenoxy) is 1. The fourth-order valence-electron chi connectivity index (χ4n) is 2.03. The van der Waals surface area contributed by atoms with E-state index in [4.69, 9.17) is 10.00 Å². The van der Waals surface area contributed by atoms with E-state index in [1.54, 1.807) is 18.2 Å². The van der Waals surface area contributed by atoms with Gasteiger partial charge in [0, 0.05) is 0 Å². The molecule has 0 bridgehead atoms. The predicted octanol–water partition coefficient (Wildman–Crippen LogP) is 2.59. The van der Waals surface area contributed by atoms with Crippen LogP contribution in [0.4, 0.5) is 13.2 Å². The molecule has 0 N–H and O–H groups in total. The molecule has 0 aliphatic rings. The van der Waals surface area contributed by atoms with Crippen LogP contribution in [0, 0.1) is 11.3 Å². The van der Waals surface area contributed by atoms with Gasteiger partial charge in [0.25, 0.3) is 5.88 Å². The van der Waals surface area contributed by atoms with E-state index in [1.807, 2.05) is 6.07 Å². The number of rotatable bonds is 3. The van der Waals surface area contributed by atoms with Crippen molar-refractivity contribution in [3.8, 4) is 11.9 Å². The minimum absolute atomic E-state index is 0.00567. The average molecular weight is 307 g/mol. The number of nitrogens with zero attached hydrogens (tertiary/aromatic N) is 5. The molecule has 0 saturated carbocycles. The minimum Gasteiger partial charge on any atom is -0.474 e. The molecule has 0 atom stereocenters. The summed E-state index contributed by atoms with van der Waals surface area (Å²) in [5.74, 6) is -1.23. The lowest BCUT2D eigenvalue weighted by molar-refractivity contribution is -0.145. The molecule has 0 aliphatic heterocycles. The monoisotopic (exact) mass is 307 g/mol. The van der Waals surface area contributed by atoms with Crippen LogP contribution in [-0.4, -0.2) is 26.2 Å². The van der Waals surface area contributed by atoms with Gasteiger partial charge in [-0.15, -0.1) is 10.2 Å². The van der Waals surface area contributed by atoms with Crippen LogP contribution in [0.1, 0.15) is 12.2 Å². The van der Waals surface area contributed by atoms with E-state index in [9.17, 15) is 13.2 Å². The molecule has 112 valence electrons. The number of aromatic nitrogens is 4. The van der Waals surface area contributed by atoms with Crippen molar-refractivity contribution in [2.75, 3.05) is 6.61 Å². The van der Waals surface area contributed by atoms with Gasteiger partial charge in [0.05, 0.1) is 23.5 Å². The van der Waals surface area contributed by atoms with Crippen molar-refractivity contribution in [2.45, 2.75) is 12.6 Å². The molecular weight excluding hydrogens is 299 g/mol. The zero-order chi connectivity index (χ0) is 15.7. The maximum atomic E-state index is 13.1. The maximum Gasteiger partial charge on any atom is 0.452 e. The van der Waals surface area contributed by atoms with Crippen molar-refractivity contribution in [2.24, 2.45) is 0 Å². The summed E-state index contributed by atoms with van der Waals surface area (Å²) in [5.41, 5.74) is 0.402. The summed E-state index contributed by atoms with van der Waals surface area (Å²) < 4.78 is 45.4. The Morgan fingerprint density at radius 3 is 2.73 bits per heavy atom. The molecule has 0 radical (unpaired) electrons. The molecule has 9 heteroatoms. The normalized spacial score (nSPS) is 11.7. The molecule has 3 aromatic rings. The van der Waals surface area contributed by atoms with Crippen molar-refractivity contribution in [3.05, 3.63) is 30.1 Å². The largest absolute Gasteiger partial charge is 0.474 e. The first kappa shape index (κ1) is 14.1. The van der Waals surface area contributed by atoms with Crippen LogP contribution in [0.3, 0.4) is 0 Å². The number of hydrogen-bond acceptors (Lipinski definition) is 5. The van der Waals surface area contributed by atoms with Crippen molar-refractivity contribution in [3.63, 3.8) is 0 Å². The number of hydrogen-bond donors (Lipinski definition) is 0. The first-order valence-corrected chi connectivity index (χ1v) is 6.23. The number of benzene rings is 1. The van der Waals surface area contributed by atoms with E-state index in [-0.39, 0.29) is 30.1 Å². The lowest BCUT2D eigenvalue weighted by atomic mass is 10.3. The second kappa shape index (κ2) is 5.14. The molecule has 6 nitrogen and oxygen atoms in total. The number of alkyl halides is 3. The van der Waals surface area contributed by atoms with E-state index in [0.29, 0.717) is 5.52 Å². The average Bonchev–Trinajstić information content (AvgIpc) is 2.93. The quantitative estimate of drug-likeness (QED) is 0.695. The Bertz CT molecular complexity index is 881. The first-order valence-electron chi connectivity index (χ1n) is 6.23. The summed E-state index contributed by atoms with van der Waals surface area (Å²) in [7, 11) is 0. The molecule has 0 amide bonds. The summed E-state index contributed by atoms with van der Waals surface area (Å²) in [4.78, 5) is 4.15. The minimum atomic E-state index is -4.66. The Hall–Kier alpha value is -2.89. The van der Waals surface area contributed by atoms with Gasteiger partial charge in [-0.25, -0.2) is 4.98 Å². The molecule has 0 fully saturated rings. The Kier molecular flexibility index (Phi) is 3.29. The van der Waals surface area contributed by atoms with Crippen molar-refractivity contribution in [1.29, 1.82) is 5.26 Å². The molecule has 0 unspecified atom stereocenters. The lowest BCUT2D eigenvalue weighted by Crippen LogP contribution is -2.12. The van der Waals surface area contributed by atoms with Gasteiger partial charge in [-0.2, -0.15) is 18.4 Å². The fourth-order valence-corrected chi connectivity index (χ4v) is 2.03. The molecule has 0 spiro atoms. The van der Waals surface area contributed by atoms with Crippen molar-refractivity contribution >= 4 is 16.7 Å². The van der Waals surface area contributed by atoms with Gasteiger partial charge in [-0.3, -0.25) is 4.40 Å². The summed E-state index contributed by atoms with van der Waals surface area (Å²) >= 11 is 0. The Morgan fingerprint density at radius 1 is 1.23 bits per heavy atom. The van der Waals surface area contributed by atoms with Gasteiger partial charge in [-0.1, -0.05) is 12.1 Å². The van der Waals surface area contributed by atoms with Crippen LogP contribution >= 0.6 is 0 Å². The van der Waals surface area contributed by atoms with E-state index >= 15 is 0 Å². The van der Waals surface area contributed by atoms with Gasteiger partial charge in [0.2, 0.25) is 11.5 Å². The summed E-state index contributed by atoms with van der Waals surface area (Å²) in [6.45, 7) is 0.00567. The smallest absolute Gasteiger partial charge is 0.452 e. The van der Waals surface area contributed by atoms with Gasteiger partial charge in [-0.05, 0) is 12.1 Å². The standard InChI is InChI=1S/C13H8F3N5O/c14-13(15,16)12-20-19-10-11(22-7-3-6-17)18-8-4-1-2-5-9(8)21(10)12/h1-2,4-5H,3,7H2. The fraction of sp³-hybridized carbons (Fsp3) is 0.231. The number of para-hydroxylation sites is 2. The van der Waals surface area contributed by atoms with Gasteiger partial charge in [0.15, 0.2) is 0 Å². The summed E-state index contributed by atoms with van der Waals surface area (Å²) in [6.07, 6.45) is -4.58. The Morgan fingerprint density at radius 2 is 2.00 bits per heavy atom. The lowest BCUT2D eigenvalue weighted by Gasteiger charge is -2.09. The van der Waals surface area contributed by atoms with E-state index in [1.165, 1.54) is 6.07 Å². The third-order valence-corrected chi connectivity index (χ3v) is 2.91. The highest BCUT2D eigenvalue weighted by Gasteiger charge is 2.38. The molecule has 2 heterocycles. The number of halogens is 3. The maximum absolute atomic E-state index is 13.1. The molecule has 3 rings (SSSR count).